The minimum absolute atomic E-state index is 0.186. The lowest BCUT2D eigenvalue weighted by Crippen LogP contribution is -2.47. The van der Waals surface area contributed by atoms with Crippen LogP contribution in [0.2, 0.25) is 25.7 Å². The first-order valence-corrected chi connectivity index (χ1v) is 12.3. The molecule has 0 N–H and O–H groups in total. The van der Waals surface area contributed by atoms with Crippen LogP contribution in [0.15, 0.2) is 0 Å². The summed E-state index contributed by atoms with van der Waals surface area (Å²) >= 11 is 0. The minimum atomic E-state index is -1.17. The van der Waals surface area contributed by atoms with Gasteiger partial charge in [0.2, 0.25) is 5.91 Å². The van der Waals surface area contributed by atoms with Gasteiger partial charge in [-0.2, -0.15) is 0 Å². The number of piperidine rings is 1. The SMILES string of the molecule is C[Si](C)(C)CCOC(=O)N1C[C@H]2C[C@H](C1)N(C(=O)C1CC1)C2. The van der Waals surface area contributed by atoms with Crippen molar-refractivity contribution in [3.63, 3.8) is 0 Å². The fraction of sp³-hybridized carbons (Fsp3) is 0.875. The molecule has 3 rings (SSSR count). The molecule has 0 unspecified atom stereocenters. The second-order valence-electron chi connectivity index (χ2n) is 8.35. The number of ether oxygens (including phenoxy) is 1. The number of rotatable bonds is 4. The highest BCUT2D eigenvalue weighted by Crippen LogP contribution is 2.37. The van der Waals surface area contributed by atoms with E-state index in [0.29, 0.717) is 25.0 Å². The molecule has 2 heterocycles. The number of hydrogen-bond donors (Lipinski definition) is 0. The molecule has 22 heavy (non-hydrogen) atoms. The molecule has 2 amide bonds. The molecule has 1 aliphatic carbocycles. The summed E-state index contributed by atoms with van der Waals surface area (Å²) in [4.78, 5) is 28.4. The number of likely N-dealkylation sites (tertiary alicyclic amines) is 2. The van der Waals surface area contributed by atoms with Crippen molar-refractivity contribution >= 4 is 20.1 Å². The molecule has 1 saturated carbocycles. The van der Waals surface area contributed by atoms with Gasteiger partial charge in [0.15, 0.2) is 0 Å². The third-order valence-corrected chi connectivity index (χ3v) is 6.66. The molecule has 0 aromatic heterocycles. The topological polar surface area (TPSA) is 49.9 Å². The van der Waals surface area contributed by atoms with Crippen molar-refractivity contribution in [3.8, 4) is 0 Å². The third kappa shape index (κ3) is 3.64. The molecule has 0 spiro atoms. The Hall–Kier alpha value is -1.04. The summed E-state index contributed by atoms with van der Waals surface area (Å²) in [6.07, 6.45) is 2.97. The molecular weight excluding hydrogens is 296 g/mol. The van der Waals surface area contributed by atoms with Crippen molar-refractivity contribution < 1.29 is 14.3 Å². The normalized spacial score (nSPS) is 28.0. The average Bonchev–Trinajstić information content (AvgIpc) is 3.22. The van der Waals surface area contributed by atoms with Crippen LogP contribution < -0.4 is 0 Å². The summed E-state index contributed by atoms with van der Waals surface area (Å²) in [5.74, 6) is 1.03. The Kier molecular flexibility index (Phi) is 4.22. The molecule has 3 fully saturated rings. The van der Waals surface area contributed by atoms with Gasteiger partial charge in [-0.1, -0.05) is 19.6 Å². The molecule has 2 saturated heterocycles. The van der Waals surface area contributed by atoms with Crippen LogP contribution in [0.5, 0.6) is 0 Å². The number of amides is 2. The highest BCUT2D eigenvalue weighted by molar-refractivity contribution is 6.76. The van der Waals surface area contributed by atoms with E-state index in [9.17, 15) is 9.59 Å². The van der Waals surface area contributed by atoms with Gasteiger partial charge in [-0.25, -0.2) is 4.79 Å². The Morgan fingerprint density at radius 1 is 1.14 bits per heavy atom. The van der Waals surface area contributed by atoms with Crippen LogP contribution in [0.4, 0.5) is 4.79 Å². The van der Waals surface area contributed by atoms with E-state index in [1.54, 1.807) is 0 Å². The van der Waals surface area contributed by atoms with Gasteiger partial charge < -0.3 is 14.5 Å². The fourth-order valence-electron chi connectivity index (χ4n) is 3.48. The third-order valence-electron chi connectivity index (χ3n) is 4.96. The van der Waals surface area contributed by atoms with Crippen LogP contribution in [-0.2, 0) is 9.53 Å². The molecule has 124 valence electrons. The Morgan fingerprint density at radius 2 is 1.86 bits per heavy atom. The zero-order valence-corrected chi connectivity index (χ0v) is 15.0. The summed E-state index contributed by atoms with van der Waals surface area (Å²) in [6, 6.07) is 1.22. The van der Waals surface area contributed by atoms with E-state index in [4.69, 9.17) is 4.74 Å². The van der Waals surface area contributed by atoms with Crippen LogP contribution in [0.25, 0.3) is 0 Å². The zero-order valence-electron chi connectivity index (χ0n) is 14.0. The van der Waals surface area contributed by atoms with Crippen molar-refractivity contribution in [2.45, 2.75) is 51.0 Å². The van der Waals surface area contributed by atoms with Crippen molar-refractivity contribution in [1.29, 1.82) is 0 Å². The molecule has 0 aromatic carbocycles. The predicted molar refractivity (Wildman–Crippen MR) is 87.4 cm³/mol. The predicted octanol–water partition coefficient (Wildman–Crippen LogP) is 2.40. The lowest BCUT2D eigenvalue weighted by molar-refractivity contribution is -0.133. The van der Waals surface area contributed by atoms with E-state index in [1.807, 2.05) is 9.80 Å². The standard InChI is InChI=1S/C16H28N2O3Si/c1-22(2,3)7-6-21-16(20)17-9-12-8-14(11-17)18(10-12)15(19)13-4-5-13/h12-14H,4-11H2,1-3H3/t12-,14-/m1/s1. The van der Waals surface area contributed by atoms with E-state index < -0.39 is 8.07 Å². The maximum Gasteiger partial charge on any atom is 0.409 e. The monoisotopic (exact) mass is 324 g/mol. The number of hydrogen-bond acceptors (Lipinski definition) is 3. The van der Waals surface area contributed by atoms with Gasteiger partial charge in [0.1, 0.15) is 0 Å². The first kappa shape index (κ1) is 15.8. The van der Waals surface area contributed by atoms with Gasteiger partial charge in [-0.3, -0.25) is 4.79 Å². The minimum Gasteiger partial charge on any atom is -0.450 e. The number of fused-ring (bicyclic) bond motifs is 2. The summed E-state index contributed by atoms with van der Waals surface area (Å²) < 4.78 is 5.46. The van der Waals surface area contributed by atoms with Gasteiger partial charge in [-0.05, 0) is 31.2 Å². The highest BCUT2D eigenvalue weighted by atomic mass is 28.3. The van der Waals surface area contributed by atoms with E-state index in [0.717, 1.165) is 38.4 Å². The summed E-state index contributed by atoms with van der Waals surface area (Å²) in [5, 5.41) is 0. The summed E-state index contributed by atoms with van der Waals surface area (Å²) in [5.41, 5.74) is 0. The molecule has 0 aromatic rings. The largest absolute Gasteiger partial charge is 0.450 e. The summed E-state index contributed by atoms with van der Waals surface area (Å²) in [6.45, 7) is 9.61. The Bertz CT molecular complexity index is 459. The van der Waals surface area contributed by atoms with E-state index >= 15 is 0 Å². The molecule has 5 nitrogen and oxygen atoms in total. The van der Waals surface area contributed by atoms with Crippen LogP contribution in [0, 0.1) is 11.8 Å². The quantitative estimate of drug-likeness (QED) is 0.746. The van der Waals surface area contributed by atoms with Crippen molar-refractivity contribution in [2.75, 3.05) is 26.2 Å². The van der Waals surface area contributed by atoms with E-state index in [-0.39, 0.29) is 18.1 Å². The first-order chi connectivity index (χ1) is 10.3. The molecule has 0 radical (unpaired) electrons. The van der Waals surface area contributed by atoms with Gasteiger partial charge >= 0.3 is 6.09 Å². The lowest BCUT2D eigenvalue weighted by atomic mass is 10.0. The highest BCUT2D eigenvalue weighted by Gasteiger charge is 2.45. The van der Waals surface area contributed by atoms with Gasteiger partial charge in [0, 0.05) is 39.7 Å². The average molecular weight is 324 g/mol. The molecule has 3 aliphatic rings. The van der Waals surface area contributed by atoms with Gasteiger partial charge in [0.25, 0.3) is 0 Å². The Labute approximate surface area is 134 Å². The van der Waals surface area contributed by atoms with E-state index in [2.05, 4.69) is 19.6 Å². The fourth-order valence-corrected chi connectivity index (χ4v) is 4.19. The molecule has 2 atom stereocenters. The lowest BCUT2D eigenvalue weighted by Gasteiger charge is -2.32. The number of carbonyl (C=O) groups excluding carboxylic acids is 2. The molecule has 2 bridgehead atoms. The van der Waals surface area contributed by atoms with Crippen molar-refractivity contribution in [3.05, 3.63) is 0 Å². The summed E-state index contributed by atoms with van der Waals surface area (Å²) in [7, 11) is -1.17. The van der Waals surface area contributed by atoms with Crippen LogP contribution >= 0.6 is 0 Å². The Balaban J connectivity index is 1.50. The first-order valence-electron chi connectivity index (χ1n) is 8.56. The molecule has 2 aliphatic heterocycles. The zero-order chi connectivity index (χ0) is 15.9. The second-order valence-corrected chi connectivity index (χ2v) is 14.0. The molecular formula is C16H28N2O3Si. The maximum atomic E-state index is 12.3. The van der Waals surface area contributed by atoms with E-state index in [1.165, 1.54) is 0 Å². The molecule has 6 heteroatoms. The van der Waals surface area contributed by atoms with Crippen molar-refractivity contribution in [2.24, 2.45) is 11.8 Å². The number of carbonyl (C=O) groups is 2. The number of nitrogens with zero attached hydrogens (tertiary/aromatic N) is 2. The Morgan fingerprint density at radius 3 is 2.50 bits per heavy atom. The van der Waals surface area contributed by atoms with Gasteiger partial charge in [-0.15, -0.1) is 0 Å². The van der Waals surface area contributed by atoms with Gasteiger partial charge in [0.05, 0.1) is 6.61 Å². The van der Waals surface area contributed by atoms with Crippen molar-refractivity contribution in [1.82, 2.24) is 9.80 Å². The van der Waals surface area contributed by atoms with Crippen LogP contribution in [0.1, 0.15) is 19.3 Å². The smallest absolute Gasteiger partial charge is 0.409 e. The maximum absolute atomic E-state index is 12.3. The second kappa shape index (κ2) is 5.87. The van der Waals surface area contributed by atoms with Crippen LogP contribution in [0.3, 0.4) is 0 Å². The van der Waals surface area contributed by atoms with Crippen LogP contribution in [-0.4, -0.2) is 62.2 Å².